The lowest BCUT2D eigenvalue weighted by atomic mass is 10.1. The van der Waals surface area contributed by atoms with Crippen molar-refractivity contribution in [3.05, 3.63) is 23.8 Å². The number of carbonyl (C=O) groups is 2. The van der Waals surface area contributed by atoms with Crippen LogP contribution in [0, 0.1) is 6.92 Å². The molecule has 5 nitrogen and oxygen atoms in total. The molecule has 1 aliphatic heterocycles. The van der Waals surface area contributed by atoms with Crippen LogP contribution in [0.3, 0.4) is 0 Å². The average Bonchev–Trinajstić information content (AvgIpc) is 2.35. The van der Waals surface area contributed by atoms with E-state index >= 15 is 0 Å². The molecule has 1 atom stereocenters. The van der Waals surface area contributed by atoms with Crippen LogP contribution in [0.15, 0.2) is 18.2 Å². The van der Waals surface area contributed by atoms with Gasteiger partial charge in [-0.15, -0.1) is 0 Å². The molecule has 0 unspecified atom stereocenters. The first-order valence-electron chi connectivity index (χ1n) is 6.19. The monoisotopic (exact) mass is 262 g/mol. The smallest absolute Gasteiger partial charge is 0.268 e. The van der Waals surface area contributed by atoms with Gasteiger partial charge in [-0.05, 0) is 31.5 Å². The van der Waals surface area contributed by atoms with Gasteiger partial charge in [0.1, 0.15) is 12.3 Å². The first-order chi connectivity index (χ1) is 8.90. The van der Waals surface area contributed by atoms with Crippen LogP contribution in [0.1, 0.15) is 12.5 Å². The van der Waals surface area contributed by atoms with Crippen molar-refractivity contribution < 1.29 is 14.3 Å². The molecule has 1 aromatic carbocycles. The van der Waals surface area contributed by atoms with Gasteiger partial charge >= 0.3 is 0 Å². The maximum atomic E-state index is 12.2. The summed E-state index contributed by atoms with van der Waals surface area (Å²) in [6, 6.07) is 5.62. The van der Waals surface area contributed by atoms with Crippen LogP contribution in [0.4, 0.5) is 5.69 Å². The fourth-order valence-electron chi connectivity index (χ4n) is 1.96. The summed E-state index contributed by atoms with van der Waals surface area (Å²) >= 11 is 0. The molecule has 1 aliphatic rings. The number of hydrogen-bond donors (Lipinski definition) is 0. The lowest BCUT2D eigenvalue weighted by Crippen LogP contribution is -2.48. The van der Waals surface area contributed by atoms with Crippen molar-refractivity contribution in [2.75, 3.05) is 25.5 Å². The van der Waals surface area contributed by atoms with Crippen molar-refractivity contribution in [1.82, 2.24) is 4.90 Å². The highest BCUT2D eigenvalue weighted by Crippen LogP contribution is 2.34. The Bertz CT molecular complexity index is 525. The van der Waals surface area contributed by atoms with E-state index in [0.29, 0.717) is 11.4 Å². The molecule has 2 amide bonds. The number of hydrogen-bond acceptors (Lipinski definition) is 3. The summed E-state index contributed by atoms with van der Waals surface area (Å²) in [5.74, 6) is 0.340. The van der Waals surface area contributed by atoms with E-state index in [4.69, 9.17) is 4.74 Å². The molecule has 1 aromatic rings. The van der Waals surface area contributed by atoms with Crippen molar-refractivity contribution in [2.24, 2.45) is 0 Å². The van der Waals surface area contributed by atoms with Gasteiger partial charge in [-0.1, -0.05) is 6.07 Å². The van der Waals surface area contributed by atoms with E-state index in [1.54, 1.807) is 21.0 Å². The zero-order chi connectivity index (χ0) is 14.2. The Morgan fingerprint density at radius 3 is 2.74 bits per heavy atom. The summed E-state index contributed by atoms with van der Waals surface area (Å²) in [4.78, 5) is 27.0. The highest BCUT2D eigenvalue weighted by atomic mass is 16.5. The van der Waals surface area contributed by atoms with Crippen LogP contribution in [0.2, 0.25) is 0 Å². The zero-order valence-electron chi connectivity index (χ0n) is 11.6. The third kappa shape index (κ3) is 2.54. The van der Waals surface area contributed by atoms with Gasteiger partial charge in [0, 0.05) is 14.1 Å². The Morgan fingerprint density at radius 1 is 1.42 bits per heavy atom. The number of nitrogens with zero attached hydrogens (tertiary/aromatic N) is 2. The van der Waals surface area contributed by atoms with Crippen LogP contribution in [0.5, 0.6) is 5.75 Å². The predicted molar refractivity (Wildman–Crippen MR) is 72.3 cm³/mol. The first-order valence-corrected chi connectivity index (χ1v) is 6.19. The Kier molecular flexibility index (Phi) is 3.46. The summed E-state index contributed by atoms with van der Waals surface area (Å²) in [6.07, 6.45) is -0.565. The van der Waals surface area contributed by atoms with Crippen molar-refractivity contribution in [3.8, 4) is 5.75 Å². The molecule has 0 fully saturated rings. The number of aryl methyl sites for hydroxylation is 1. The third-order valence-electron chi connectivity index (χ3n) is 3.11. The molecule has 0 N–H and O–H groups in total. The summed E-state index contributed by atoms with van der Waals surface area (Å²) < 4.78 is 5.56. The molecule has 1 heterocycles. The van der Waals surface area contributed by atoms with Crippen molar-refractivity contribution in [2.45, 2.75) is 20.0 Å². The SMILES string of the molecule is Cc1ccc2c(c1)N(CC(=O)N(C)C)C(=O)[C@H](C)O2. The predicted octanol–water partition coefficient (Wildman–Crippen LogP) is 1.20. The number of ether oxygens (including phenoxy) is 1. The maximum Gasteiger partial charge on any atom is 0.268 e. The number of amides is 2. The largest absolute Gasteiger partial charge is 0.479 e. The summed E-state index contributed by atoms with van der Waals surface area (Å²) in [7, 11) is 3.35. The fraction of sp³-hybridized carbons (Fsp3) is 0.429. The lowest BCUT2D eigenvalue weighted by molar-refractivity contribution is -0.131. The molecular formula is C14H18N2O3. The quantitative estimate of drug-likeness (QED) is 0.804. The number of likely N-dealkylation sites (N-methyl/N-ethyl adjacent to an activating group) is 1. The molecule has 0 radical (unpaired) electrons. The summed E-state index contributed by atoms with van der Waals surface area (Å²) in [5, 5.41) is 0. The molecule has 0 aromatic heterocycles. The first kappa shape index (κ1) is 13.4. The topological polar surface area (TPSA) is 49.9 Å². The van der Waals surface area contributed by atoms with E-state index < -0.39 is 6.10 Å². The maximum absolute atomic E-state index is 12.2. The minimum Gasteiger partial charge on any atom is -0.479 e. The van der Waals surface area contributed by atoms with Crippen molar-refractivity contribution >= 4 is 17.5 Å². The van der Waals surface area contributed by atoms with Gasteiger partial charge in [0.15, 0.2) is 6.10 Å². The molecular weight excluding hydrogens is 244 g/mol. The molecule has 0 saturated heterocycles. The number of anilines is 1. The van der Waals surface area contributed by atoms with Gasteiger partial charge in [-0.3, -0.25) is 14.5 Å². The molecule has 0 aliphatic carbocycles. The second kappa shape index (κ2) is 4.91. The standard InChI is InChI=1S/C14H18N2O3/c1-9-5-6-12-11(7-9)16(8-13(17)15(3)4)14(18)10(2)19-12/h5-7,10H,8H2,1-4H3/t10-/m0/s1. The molecule has 5 heteroatoms. The second-order valence-electron chi connectivity index (χ2n) is 4.94. The summed E-state index contributed by atoms with van der Waals surface area (Å²) in [6.45, 7) is 3.67. The molecule has 19 heavy (non-hydrogen) atoms. The Morgan fingerprint density at radius 2 is 2.11 bits per heavy atom. The van der Waals surface area contributed by atoms with Gasteiger partial charge in [-0.2, -0.15) is 0 Å². The van der Waals surface area contributed by atoms with Gasteiger partial charge in [0.05, 0.1) is 5.69 Å². The minimum absolute atomic E-state index is 0.0377. The van der Waals surface area contributed by atoms with E-state index in [1.807, 2.05) is 25.1 Å². The second-order valence-corrected chi connectivity index (χ2v) is 4.94. The van der Waals surface area contributed by atoms with E-state index in [1.165, 1.54) is 9.80 Å². The number of rotatable bonds is 2. The molecule has 0 saturated carbocycles. The number of benzene rings is 1. The van der Waals surface area contributed by atoms with Crippen LogP contribution in [0.25, 0.3) is 0 Å². The van der Waals surface area contributed by atoms with Crippen molar-refractivity contribution in [1.29, 1.82) is 0 Å². The third-order valence-corrected chi connectivity index (χ3v) is 3.11. The lowest BCUT2D eigenvalue weighted by Gasteiger charge is -2.33. The molecule has 2 rings (SSSR count). The Balaban J connectivity index is 2.38. The van der Waals surface area contributed by atoms with E-state index in [0.717, 1.165) is 5.56 Å². The highest BCUT2D eigenvalue weighted by Gasteiger charge is 2.32. The molecule has 102 valence electrons. The summed E-state index contributed by atoms with van der Waals surface area (Å²) in [5.41, 5.74) is 1.69. The fourth-order valence-corrected chi connectivity index (χ4v) is 1.96. The molecule has 0 bridgehead atoms. The Labute approximate surface area is 112 Å². The van der Waals surface area contributed by atoms with Crippen molar-refractivity contribution in [3.63, 3.8) is 0 Å². The van der Waals surface area contributed by atoms with Crippen LogP contribution >= 0.6 is 0 Å². The normalized spacial score (nSPS) is 17.8. The van der Waals surface area contributed by atoms with Gasteiger partial charge in [-0.25, -0.2) is 0 Å². The minimum atomic E-state index is -0.565. The molecule has 0 spiro atoms. The van der Waals surface area contributed by atoms with Gasteiger partial charge < -0.3 is 9.64 Å². The van der Waals surface area contributed by atoms with Gasteiger partial charge in [0.25, 0.3) is 5.91 Å². The Hall–Kier alpha value is -2.04. The average molecular weight is 262 g/mol. The van der Waals surface area contributed by atoms with Crippen LogP contribution < -0.4 is 9.64 Å². The highest BCUT2D eigenvalue weighted by molar-refractivity contribution is 6.03. The van der Waals surface area contributed by atoms with Gasteiger partial charge in [0.2, 0.25) is 5.91 Å². The number of fused-ring (bicyclic) bond motifs is 1. The van der Waals surface area contributed by atoms with E-state index in [-0.39, 0.29) is 18.4 Å². The van der Waals surface area contributed by atoms with Crippen LogP contribution in [-0.2, 0) is 9.59 Å². The number of carbonyl (C=O) groups excluding carboxylic acids is 2. The van der Waals surface area contributed by atoms with E-state index in [9.17, 15) is 9.59 Å². The van der Waals surface area contributed by atoms with E-state index in [2.05, 4.69) is 0 Å². The van der Waals surface area contributed by atoms with Crippen LogP contribution in [-0.4, -0.2) is 43.5 Å². The zero-order valence-corrected chi connectivity index (χ0v) is 11.6.